The highest BCUT2D eigenvalue weighted by Gasteiger charge is 2.06. The molecule has 0 bridgehead atoms. The summed E-state index contributed by atoms with van der Waals surface area (Å²) in [6, 6.07) is 5.76. The van der Waals surface area contributed by atoms with Crippen LogP contribution in [0.2, 0.25) is 0 Å². The molecule has 0 unspecified atom stereocenters. The number of nitrogens with zero attached hydrogens (tertiary/aromatic N) is 3. The van der Waals surface area contributed by atoms with Crippen LogP contribution in [-0.2, 0) is 0 Å². The second-order valence-electron chi connectivity index (χ2n) is 3.74. The van der Waals surface area contributed by atoms with Gasteiger partial charge in [0.1, 0.15) is 5.69 Å². The molecule has 0 atom stereocenters. The molecule has 0 aromatic carbocycles. The van der Waals surface area contributed by atoms with E-state index in [1.165, 1.54) is 19.3 Å². The predicted octanol–water partition coefficient (Wildman–Crippen LogP) is 3.15. The van der Waals surface area contributed by atoms with Gasteiger partial charge < -0.3 is 0 Å². The average Bonchev–Trinajstić information content (AvgIpc) is 2.85. The number of hydrogen-bond donors (Lipinski definition) is 1. The van der Waals surface area contributed by atoms with E-state index in [1.807, 2.05) is 18.2 Å². The molecule has 0 aliphatic heterocycles. The summed E-state index contributed by atoms with van der Waals surface area (Å²) in [6.45, 7) is 2.20. The van der Waals surface area contributed by atoms with E-state index in [9.17, 15) is 0 Å². The number of H-pyrrole nitrogens is 1. The summed E-state index contributed by atoms with van der Waals surface area (Å²) < 4.78 is 0. The van der Waals surface area contributed by atoms with Gasteiger partial charge in [0.25, 0.3) is 0 Å². The Morgan fingerprint density at radius 2 is 2.24 bits per heavy atom. The quantitative estimate of drug-likeness (QED) is 0.630. The lowest BCUT2D eigenvalue weighted by atomic mass is 10.3. The van der Waals surface area contributed by atoms with Crippen LogP contribution in [0.3, 0.4) is 0 Å². The Balaban J connectivity index is 1.92. The van der Waals surface area contributed by atoms with Gasteiger partial charge in [0, 0.05) is 11.9 Å². The van der Waals surface area contributed by atoms with E-state index in [-0.39, 0.29) is 0 Å². The van der Waals surface area contributed by atoms with Crippen LogP contribution in [0.1, 0.15) is 26.2 Å². The molecule has 0 aliphatic rings. The molecule has 0 saturated heterocycles. The zero-order chi connectivity index (χ0) is 11.9. The van der Waals surface area contributed by atoms with E-state index in [2.05, 4.69) is 27.1 Å². The zero-order valence-corrected chi connectivity index (χ0v) is 10.7. The van der Waals surface area contributed by atoms with Crippen molar-refractivity contribution >= 4 is 11.8 Å². The predicted molar refractivity (Wildman–Crippen MR) is 69.9 cm³/mol. The highest BCUT2D eigenvalue weighted by Crippen LogP contribution is 2.18. The fourth-order valence-corrected chi connectivity index (χ4v) is 2.24. The number of pyridine rings is 1. The maximum Gasteiger partial charge on any atom is 0.208 e. The van der Waals surface area contributed by atoms with Gasteiger partial charge in [-0.25, -0.2) is 0 Å². The van der Waals surface area contributed by atoms with Crippen LogP contribution in [0.25, 0.3) is 11.5 Å². The molecule has 2 aromatic heterocycles. The second kappa shape index (κ2) is 6.39. The van der Waals surface area contributed by atoms with Crippen LogP contribution in [0.5, 0.6) is 0 Å². The third-order valence-corrected chi connectivity index (χ3v) is 3.29. The average molecular weight is 248 g/mol. The molecule has 0 radical (unpaired) electrons. The first-order valence-corrected chi connectivity index (χ1v) is 6.85. The summed E-state index contributed by atoms with van der Waals surface area (Å²) in [5.41, 5.74) is 0.834. The molecule has 0 amide bonds. The Kier molecular flexibility index (Phi) is 4.55. The SMILES string of the molecule is CCCCCSc1n[nH]c(-c2ccccn2)n1. The summed E-state index contributed by atoms with van der Waals surface area (Å²) >= 11 is 1.69. The zero-order valence-electron chi connectivity index (χ0n) is 9.89. The fourth-order valence-electron chi connectivity index (χ4n) is 1.44. The highest BCUT2D eigenvalue weighted by atomic mass is 32.2. The maximum atomic E-state index is 4.41. The molecule has 5 heteroatoms. The molecule has 0 spiro atoms. The summed E-state index contributed by atoms with van der Waals surface area (Å²) in [6.07, 6.45) is 5.48. The Labute approximate surface area is 105 Å². The Morgan fingerprint density at radius 1 is 1.29 bits per heavy atom. The van der Waals surface area contributed by atoms with Crippen molar-refractivity contribution in [1.82, 2.24) is 20.2 Å². The van der Waals surface area contributed by atoms with E-state index in [1.54, 1.807) is 18.0 Å². The number of aromatic nitrogens is 4. The van der Waals surface area contributed by atoms with Crippen molar-refractivity contribution in [2.45, 2.75) is 31.3 Å². The van der Waals surface area contributed by atoms with Crippen molar-refractivity contribution in [2.24, 2.45) is 0 Å². The molecule has 2 aromatic rings. The molecular weight excluding hydrogens is 232 g/mol. The number of aromatic amines is 1. The van der Waals surface area contributed by atoms with E-state index in [4.69, 9.17) is 0 Å². The van der Waals surface area contributed by atoms with Crippen LogP contribution in [0.4, 0.5) is 0 Å². The largest absolute Gasteiger partial charge is 0.257 e. The molecule has 2 rings (SSSR count). The number of hydrogen-bond acceptors (Lipinski definition) is 4. The molecule has 4 nitrogen and oxygen atoms in total. The Bertz CT molecular complexity index is 441. The van der Waals surface area contributed by atoms with Crippen LogP contribution >= 0.6 is 11.8 Å². The minimum absolute atomic E-state index is 0.739. The summed E-state index contributed by atoms with van der Waals surface area (Å²) in [5, 5.41) is 7.90. The normalized spacial score (nSPS) is 10.6. The molecule has 0 aliphatic carbocycles. The summed E-state index contributed by atoms with van der Waals surface area (Å²) in [4.78, 5) is 8.64. The van der Waals surface area contributed by atoms with Crippen LogP contribution in [-0.4, -0.2) is 25.9 Å². The lowest BCUT2D eigenvalue weighted by Gasteiger charge is -1.94. The Hall–Kier alpha value is -1.36. The minimum Gasteiger partial charge on any atom is -0.257 e. The van der Waals surface area contributed by atoms with Gasteiger partial charge in [-0.2, -0.15) is 4.98 Å². The Morgan fingerprint density at radius 3 is 3.00 bits per heavy atom. The van der Waals surface area contributed by atoms with Gasteiger partial charge in [-0.3, -0.25) is 10.1 Å². The molecular formula is C12H16N4S. The number of unbranched alkanes of at least 4 members (excludes halogenated alkanes) is 2. The second-order valence-corrected chi connectivity index (χ2v) is 4.80. The van der Waals surface area contributed by atoms with E-state index >= 15 is 0 Å². The van der Waals surface area contributed by atoms with E-state index in [0.717, 1.165) is 22.4 Å². The molecule has 0 saturated carbocycles. The van der Waals surface area contributed by atoms with Gasteiger partial charge >= 0.3 is 0 Å². The summed E-state index contributed by atoms with van der Waals surface area (Å²) in [7, 11) is 0. The fraction of sp³-hybridized carbons (Fsp3) is 0.417. The monoisotopic (exact) mass is 248 g/mol. The summed E-state index contributed by atoms with van der Waals surface area (Å²) in [5.74, 6) is 1.82. The van der Waals surface area contributed by atoms with Gasteiger partial charge in [-0.05, 0) is 18.6 Å². The minimum atomic E-state index is 0.739. The van der Waals surface area contributed by atoms with Gasteiger partial charge in [0.05, 0.1) is 0 Å². The van der Waals surface area contributed by atoms with Gasteiger partial charge in [-0.1, -0.05) is 37.6 Å². The molecule has 90 valence electrons. The lowest BCUT2D eigenvalue weighted by molar-refractivity contribution is 0.777. The van der Waals surface area contributed by atoms with Crippen molar-refractivity contribution in [3.63, 3.8) is 0 Å². The van der Waals surface area contributed by atoms with Crippen LogP contribution in [0.15, 0.2) is 29.6 Å². The van der Waals surface area contributed by atoms with E-state index in [0.29, 0.717) is 0 Å². The van der Waals surface area contributed by atoms with E-state index < -0.39 is 0 Å². The number of rotatable bonds is 6. The molecule has 1 N–H and O–H groups in total. The first-order valence-electron chi connectivity index (χ1n) is 5.86. The standard InChI is InChI=1S/C12H16N4S/c1-2-3-6-9-17-12-14-11(15-16-12)10-7-4-5-8-13-10/h4-5,7-8H,2-3,6,9H2,1H3,(H,14,15,16). The van der Waals surface area contributed by atoms with Crippen molar-refractivity contribution in [3.05, 3.63) is 24.4 Å². The smallest absolute Gasteiger partial charge is 0.208 e. The number of nitrogens with one attached hydrogen (secondary N) is 1. The maximum absolute atomic E-state index is 4.41. The van der Waals surface area contributed by atoms with Gasteiger partial charge in [0.2, 0.25) is 5.16 Å². The van der Waals surface area contributed by atoms with Crippen LogP contribution in [0, 0.1) is 0 Å². The van der Waals surface area contributed by atoms with Gasteiger partial charge in [0.15, 0.2) is 5.82 Å². The first kappa shape index (κ1) is 12.1. The highest BCUT2D eigenvalue weighted by molar-refractivity contribution is 7.99. The van der Waals surface area contributed by atoms with Gasteiger partial charge in [-0.15, -0.1) is 5.10 Å². The number of thioether (sulfide) groups is 1. The molecule has 0 fully saturated rings. The third-order valence-electron chi connectivity index (χ3n) is 2.35. The molecule has 2 heterocycles. The van der Waals surface area contributed by atoms with Crippen molar-refractivity contribution in [3.8, 4) is 11.5 Å². The third kappa shape index (κ3) is 3.56. The molecule has 17 heavy (non-hydrogen) atoms. The van der Waals surface area contributed by atoms with Crippen molar-refractivity contribution < 1.29 is 0 Å². The van der Waals surface area contributed by atoms with Crippen LogP contribution < -0.4 is 0 Å². The van der Waals surface area contributed by atoms with Crippen molar-refractivity contribution in [2.75, 3.05) is 5.75 Å². The topological polar surface area (TPSA) is 54.5 Å². The van der Waals surface area contributed by atoms with Crippen molar-refractivity contribution in [1.29, 1.82) is 0 Å². The lowest BCUT2D eigenvalue weighted by Crippen LogP contribution is -1.84. The first-order chi connectivity index (χ1) is 8.40.